The molecule has 4 rings (SSSR count). The van der Waals surface area contributed by atoms with Crippen LogP contribution in [0.2, 0.25) is 0 Å². The summed E-state index contributed by atoms with van der Waals surface area (Å²) in [5.74, 6) is -0.717. The maximum atomic E-state index is 13.2. The highest BCUT2D eigenvalue weighted by molar-refractivity contribution is 6.06. The predicted octanol–water partition coefficient (Wildman–Crippen LogP) is 3.15. The van der Waals surface area contributed by atoms with Crippen LogP contribution in [0.1, 0.15) is 42.3 Å². The van der Waals surface area contributed by atoms with Gasteiger partial charge in [0.1, 0.15) is 5.75 Å². The SMILES string of the molecule is CCOC(=O)C1(C(=O)OCC)Cc2c([nH]c3ccc(OC)cc23)[C@@H](c2ccc(C#N)cc2)N1. The number of fused-ring (bicyclic) bond motifs is 3. The van der Waals surface area contributed by atoms with Crippen LogP contribution in [0.3, 0.4) is 0 Å². The Hall–Kier alpha value is -3.83. The van der Waals surface area contributed by atoms with Gasteiger partial charge in [-0.1, -0.05) is 12.1 Å². The van der Waals surface area contributed by atoms with Gasteiger partial charge in [-0.25, -0.2) is 9.59 Å². The van der Waals surface area contributed by atoms with E-state index in [-0.39, 0.29) is 19.6 Å². The Morgan fingerprint density at radius 2 is 1.76 bits per heavy atom. The molecule has 2 N–H and O–H groups in total. The lowest BCUT2D eigenvalue weighted by Crippen LogP contribution is -2.64. The van der Waals surface area contributed by atoms with Crippen LogP contribution in [0.4, 0.5) is 0 Å². The number of ether oxygens (including phenoxy) is 3. The van der Waals surface area contributed by atoms with Gasteiger partial charge in [-0.05, 0) is 55.3 Å². The Morgan fingerprint density at radius 3 is 2.33 bits per heavy atom. The number of carbonyl (C=O) groups excluding carboxylic acids is 2. The van der Waals surface area contributed by atoms with Crippen molar-refractivity contribution in [1.82, 2.24) is 10.3 Å². The van der Waals surface area contributed by atoms with Gasteiger partial charge in [0.2, 0.25) is 5.54 Å². The van der Waals surface area contributed by atoms with E-state index in [4.69, 9.17) is 14.2 Å². The summed E-state index contributed by atoms with van der Waals surface area (Å²) >= 11 is 0. The molecular formula is C25H25N3O5. The number of esters is 2. The van der Waals surface area contributed by atoms with E-state index < -0.39 is 23.5 Å². The molecule has 8 heteroatoms. The van der Waals surface area contributed by atoms with Crippen molar-refractivity contribution in [2.75, 3.05) is 20.3 Å². The number of hydrogen-bond acceptors (Lipinski definition) is 7. The van der Waals surface area contributed by atoms with E-state index in [0.29, 0.717) is 11.3 Å². The third-order valence-electron chi connectivity index (χ3n) is 5.89. The standard InChI is InChI=1S/C25H25N3O5/c1-4-32-23(29)25(24(30)33-5-2)13-19-18-12-17(31-3)10-11-20(18)27-22(19)21(28-25)16-8-6-15(14-26)7-9-16/h6-12,21,27-28H,4-5,13H2,1-3H3/t21-/m1/s1. The molecule has 0 saturated carbocycles. The third kappa shape index (κ3) is 3.81. The maximum absolute atomic E-state index is 13.2. The van der Waals surface area contributed by atoms with Crippen LogP contribution in [-0.2, 0) is 25.5 Å². The molecule has 33 heavy (non-hydrogen) atoms. The third-order valence-corrected chi connectivity index (χ3v) is 5.89. The highest BCUT2D eigenvalue weighted by atomic mass is 16.6. The van der Waals surface area contributed by atoms with Gasteiger partial charge >= 0.3 is 11.9 Å². The zero-order chi connectivity index (χ0) is 23.6. The first kappa shape index (κ1) is 22.4. The minimum absolute atomic E-state index is 0.0555. The fraction of sp³-hybridized carbons (Fsp3) is 0.320. The quantitative estimate of drug-likeness (QED) is 0.441. The molecule has 0 bridgehead atoms. The predicted molar refractivity (Wildman–Crippen MR) is 121 cm³/mol. The lowest BCUT2D eigenvalue weighted by molar-refractivity contribution is -0.167. The summed E-state index contributed by atoms with van der Waals surface area (Å²) in [6.45, 7) is 3.63. The fourth-order valence-electron chi connectivity index (χ4n) is 4.30. The first-order chi connectivity index (χ1) is 16.0. The normalized spacial score (nSPS) is 16.5. The molecule has 8 nitrogen and oxygen atoms in total. The van der Waals surface area contributed by atoms with Gasteiger partial charge < -0.3 is 19.2 Å². The number of nitrogens with one attached hydrogen (secondary N) is 2. The van der Waals surface area contributed by atoms with Crippen molar-refractivity contribution in [2.45, 2.75) is 31.8 Å². The first-order valence-corrected chi connectivity index (χ1v) is 10.8. The zero-order valence-corrected chi connectivity index (χ0v) is 18.7. The van der Waals surface area contributed by atoms with Gasteiger partial charge in [-0.3, -0.25) is 5.32 Å². The van der Waals surface area contributed by atoms with Crippen LogP contribution in [0.25, 0.3) is 10.9 Å². The van der Waals surface area contributed by atoms with Crippen LogP contribution in [0.5, 0.6) is 5.75 Å². The van der Waals surface area contributed by atoms with Crippen molar-refractivity contribution in [1.29, 1.82) is 5.26 Å². The summed E-state index contributed by atoms with van der Waals surface area (Å²) in [4.78, 5) is 29.9. The van der Waals surface area contributed by atoms with Crippen LogP contribution in [0, 0.1) is 11.3 Å². The fourth-order valence-corrected chi connectivity index (χ4v) is 4.30. The number of benzene rings is 2. The zero-order valence-electron chi connectivity index (χ0n) is 18.7. The van der Waals surface area contributed by atoms with E-state index in [1.165, 1.54) is 0 Å². The van der Waals surface area contributed by atoms with Crippen molar-refractivity contribution in [3.63, 3.8) is 0 Å². The Labute approximate surface area is 191 Å². The first-order valence-electron chi connectivity index (χ1n) is 10.8. The average molecular weight is 447 g/mol. The second-order valence-electron chi connectivity index (χ2n) is 7.76. The lowest BCUT2D eigenvalue weighted by atomic mass is 9.81. The number of aromatic amines is 1. The molecule has 2 aromatic carbocycles. The molecule has 0 fully saturated rings. The van der Waals surface area contributed by atoms with Gasteiger partial charge in [0.25, 0.3) is 0 Å². The molecule has 0 unspecified atom stereocenters. The van der Waals surface area contributed by atoms with Crippen molar-refractivity contribution >= 4 is 22.8 Å². The van der Waals surface area contributed by atoms with Gasteiger partial charge in [-0.2, -0.15) is 5.26 Å². The largest absolute Gasteiger partial charge is 0.497 e. The molecule has 1 aliphatic rings. The molecule has 1 aliphatic heterocycles. The highest BCUT2D eigenvalue weighted by Crippen LogP contribution is 2.40. The molecule has 0 saturated heterocycles. The lowest BCUT2D eigenvalue weighted by Gasteiger charge is -2.38. The number of nitrogens with zero attached hydrogens (tertiary/aromatic N) is 1. The van der Waals surface area contributed by atoms with Gasteiger partial charge in [-0.15, -0.1) is 0 Å². The number of rotatable bonds is 6. The average Bonchev–Trinajstić information content (AvgIpc) is 3.21. The molecule has 0 aliphatic carbocycles. The summed E-state index contributed by atoms with van der Waals surface area (Å²) < 4.78 is 16.1. The van der Waals surface area contributed by atoms with E-state index >= 15 is 0 Å². The number of carbonyl (C=O) groups is 2. The number of nitriles is 1. The Bertz CT molecular complexity index is 1220. The summed E-state index contributed by atoms with van der Waals surface area (Å²) in [5.41, 5.74) is 2.05. The minimum Gasteiger partial charge on any atom is -0.497 e. The van der Waals surface area contributed by atoms with Gasteiger partial charge in [0.15, 0.2) is 0 Å². The second-order valence-corrected chi connectivity index (χ2v) is 7.76. The molecule has 170 valence electrons. The maximum Gasteiger partial charge on any atom is 0.338 e. The number of methoxy groups -OCH3 is 1. The smallest absolute Gasteiger partial charge is 0.338 e. The van der Waals surface area contributed by atoms with Crippen molar-refractivity contribution < 1.29 is 23.8 Å². The van der Waals surface area contributed by atoms with E-state index in [2.05, 4.69) is 16.4 Å². The minimum atomic E-state index is -1.73. The Balaban J connectivity index is 1.95. The molecular weight excluding hydrogens is 422 g/mol. The number of H-pyrrole nitrogens is 1. The highest BCUT2D eigenvalue weighted by Gasteiger charge is 2.54. The van der Waals surface area contributed by atoms with Crippen LogP contribution in [0.15, 0.2) is 42.5 Å². The van der Waals surface area contributed by atoms with Gasteiger partial charge in [0.05, 0.1) is 38.0 Å². The van der Waals surface area contributed by atoms with Crippen LogP contribution in [-0.4, -0.2) is 42.8 Å². The molecule has 2 heterocycles. The number of hydrogen-bond donors (Lipinski definition) is 2. The van der Waals surface area contributed by atoms with Gasteiger partial charge in [0, 0.05) is 23.0 Å². The van der Waals surface area contributed by atoms with Crippen molar-refractivity contribution in [2.24, 2.45) is 0 Å². The molecule has 1 atom stereocenters. The summed E-state index contributed by atoms with van der Waals surface area (Å²) in [5, 5.41) is 13.3. The Kier molecular flexibility index (Phi) is 6.07. The van der Waals surface area contributed by atoms with E-state index in [0.717, 1.165) is 27.7 Å². The second kappa shape index (κ2) is 8.96. The molecule has 0 radical (unpaired) electrons. The molecule has 0 amide bonds. The summed E-state index contributed by atoms with van der Waals surface area (Å²) in [6, 6.07) is 14.2. The summed E-state index contributed by atoms with van der Waals surface area (Å²) in [7, 11) is 1.59. The van der Waals surface area contributed by atoms with Crippen molar-refractivity contribution in [3.8, 4) is 11.8 Å². The number of aromatic nitrogens is 1. The monoisotopic (exact) mass is 447 g/mol. The molecule has 0 spiro atoms. The van der Waals surface area contributed by atoms with E-state index in [9.17, 15) is 14.9 Å². The Morgan fingerprint density at radius 1 is 1.09 bits per heavy atom. The molecule has 3 aromatic rings. The topological polar surface area (TPSA) is 113 Å². The summed E-state index contributed by atoms with van der Waals surface area (Å²) in [6.07, 6.45) is 0.0555. The van der Waals surface area contributed by atoms with E-state index in [1.807, 2.05) is 18.2 Å². The van der Waals surface area contributed by atoms with Crippen LogP contribution < -0.4 is 10.1 Å². The molecule has 1 aromatic heterocycles. The van der Waals surface area contributed by atoms with E-state index in [1.54, 1.807) is 45.2 Å². The van der Waals surface area contributed by atoms with Crippen molar-refractivity contribution in [3.05, 3.63) is 64.8 Å². The van der Waals surface area contributed by atoms with Crippen LogP contribution >= 0.6 is 0 Å².